The second kappa shape index (κ2) is 6.61. The Balaban J connectivity index is 1.82. The van der Waals surface area contributed by atoms with Crippen molar-refractivity contribution in [3.05, 3.63) is 23.8 Å². The lowest BCUT2D eigenvalue weighted by Gasteiger charge is -2.13. The predicted molar refractivity (Wildman–Crippen MR) is 72.3 cm³/mol. The summed E-state index contributed by atoms with van der Waals surface area (Å²) in [5, 5.41) is 6.89. The molecule has 2 rings (SSSR count). The maximum Gasteiger partial charge on any atom is 0.127 e. The van der Waals surface area contributed by atoms with E-state index in [2.05, 4.69) is 10.6 Å². The van der Waals surface area contributed by atoms with Gasteiger partial charge < -0.3 is 20.1 Å². The number of hydrogen-bond acceptors (Lipinski definition) is 4. The minimum atomic E-state index is 0.763. The van der Waals surface area contributed by atoms with Crippen LogP contribution in [0.4, 0.5) is 0 Å². The van der Waals surface area contributed by atoms with Gasteiger partial charge in [-0.1, -0.05) is 6.07 Å². The quantitative estimate of drug-likeness (QED) is 0.687. The van der Waals surface area contributed by atoms with Crippen LogP contribution in [0, 0.1) is 0 Å². The van der Waals surface area contributed by atoms with Gasteiger partial charge in [0.15, 0.2) is 0 Å². The molecule has 0 unspecified atom stereocenters. The van der Waals surface area contributed by atoms with Crippen LogP contribution in [0.3, 0.4) is 0 Å². The Morgan fingerprint density at radius 2 is 1.78 bits per heavy atom. The maximum absolute atomic E-state index is 5.36. The van der Waals surface area contributed by atoms with Crippen molar-refractivity contribution < 1.29 is 9.47 Å². The maximum atomic E-state index is 5.36. The minimum Gasteiger partial charge on any atom is -0.496 e. The number of nitrogens with one attached hydrogen (secondary N) is 2. The van der Waals surface area contributed by atoms with Gasteiger partial charge in [0.1, 0.15) is 11.5 Å². The van der Waals surface area contributed by atoms with Gasteiger partial charge in [-0.3, -0.25) is 0 Å². The average molecular weight is 250 g/mol. The van der Waals surface area contributed by atoms with Crippen molar-refractivity contribution in [1.29, 1.82) is 0 Å². The third-order valence-electron chi connectivity index (χ3n) is 3.14. The highest BCUT2D eigenvalue weighted by Gasteiger charge is 2.19. The van der Waals surface area contributed by atoms with E-state index in [4.69, 9.17) is 9.47 Å². The average Bonchev–Trinajstić information content (AvgIpc) is 3.22. The van der Waals surface area contributed by atoms with Gasteiger partial charge in [-0.05, 0) is 25.0 Å². The zero-order valence-electron chi connectivity index (χ0n) is 11.2. The monoisotopic (exact) mass is 250 g/mol. The summed E-state index contributed by atoms with van der Waals surface area (Å²) in [6.45, 7) is 2.74. The molecule has 0 aromatic heterocycles. The van der Waals surface area contributed by atoms with Gasteiger partial charge in [0.2, 0.25) is 0 Å². The Kier molecular flexibility index (Phi) is 4.84. The summed E-state index contributed by atoms with van der Waals surface area (Å²) in [7, 11) is 3.37. The first-order valence-corrected chi connectivity index (χ1v) is 6.49. The molecule has 1 saturated carbocycles. The van der Waals surface area contributed by atoms with Crippen molar-refractivity contribution >= 4 is 0 Å². The van der Waals surface area contributed by atoms with Crippen LogP contribution in [0.5, 0.6) is 11.5 Å². The second-order valence-corrected chi connectivity index (χ2v) is 4.55. The standard InChI is InChI=1S/C14H22N2O2/c1-17-13-4-3-5-14(18-2)12(13)10-15-8-9-16-11-6-7-11/h3-5,11,15-16H,6-10H2,1-2H3. The Morgan fingerprint density at radius 1 is 1.11 bits per heavy atom. The van der Waals surface area contributed by atoms with Gasteiger partial charge in [-0.2, -0.15) is 0 Å². The molecule has 1 aliphatic rings. The lowest BCUT2D eigenvalue weighted by molar-refractivity contribution is 0.382. The molecular formula is C14H22N2O2. The van der Waals surface area contributed by atoms with Gasteiger partial charge in [-0.25, -0.2) is 0 Å². The summed E-state index contributed by atoms with van der Waals surface area (Å²) in [5.74, 6) is 1.74. The van der Waals surface area contributed by atoms with Crippen molar-refractivity contribution in [2.45, 2.75) is 25.4 Å². The fraction of sp³-hybridized carbons (Fsp3) is 0.571. The molecule has 0 amide bonds. The molecule has 1 aromatic rings. The molecule has 0 bridgehead atoms. The van der Waals surface area contributed by atoms with E-state index in [1.807, 2.05) is 18.2 Å². The van der Waals surface area contributed by atoms with E-state index in [0.29, 0.717) is 0 Å². The number of hydrogen-bond donors (Lipinski definition) is 2. The largest absolute Gasteiger partial charge is 0.496 e. The SMILES string of the molecule is COc1cccc(OC)c1CNCCNC1CC1. The van der Waals surface area contributed by atoms with Crippen molar-refractivity contribution in [3.63, 3.8) is 0 Å². The Hall–Kier alpha value is -1.26. The Morgan fingerprint density at radius 3 is 2.33 bits per heavy atom. The zero-order valence-corrected chi connectivity index (χ0v) is 11.2. The lowest BCUT2D eigenvalue weighted by atomic mass is 10.1. The molecule has 2 N–H and O–H groups in total. The molecule has 100 valence electrons. The molecule has 1 aromatic carbocycles. The van der Waals surface area contributed by atoms with Crippen LogP contribution in [0.1, 0.15) is 18.4 Å². The molecule has 0 heterocycles. The molecule has 0 aliphatic heterocycles. The van der Waals surface area contributed by atoms with E-state index in [9.17, 15) is 0 Å². The van der Waals surface area contributed by atoms with Gasteiger partial charge in [0, 0.05) is 31.2 Å². The third-order valence-corrected chi connectivity index (χ3v) is 3.14. The first-order valence-electron chi connectivity index (χ1n) is 6.49. The number of benzene rings is 1. The highest BCUT2D eigenvalue weighted by molar-refractivity contribution is 5.44. The van der Waals surface area contributed by atoms with E-state index in [-0.39, 0.29) is 0 Å². The molecule has 1 aliphatic carbocycles. The highest BCUT2D eigenvalue weighted by atomic mass is 16.5. The van der Waals surface area contributed by atoms with Crippen LogP contribution in [0.2, 0.25) is 0 Å². The summed E-state index contributed by atoms with van der Waals surface area (Å²) < 4.78 is 10.7. The van der Waals surface area contributed by atoms with Crippen LogP contribution in [0.15, 0.2) is 18.2 Å². The smallest absolute Gasteiger partial charge is 0.127 e. The Labute approximate surface area is 109 Å². The van der Waals surface area contributed by atoms with Crippen LogP contribution < -0.4 is 20.1 Å². The Bertz CT molecular complexity index is 356. The topological polar surface area (TPSA) is 42.5 Å². The third kappa shape index (κ3) is 3.62. The molecule has 1 fully saturated rings. The van der Waals surface area contributed by atoms with Crippen LogP contribution in [-0.4, -0.2) is 33.4 Å². The molecule has 0 saturated heterocycles. The summed E-state index contributed by atoms with van der Waals surface area (Å²) in [6.07, 6.45) is 2.67. The van der Waals surface area contributed by atoms with E-state index in [0.717, 1.165) is 42.7 Å². The first-order chi connectivity index (χ1) is 8.85. The van der Waals surface area contributed by atoms with Gasteiger partial charge in [0.25, 0.3) is 0 Å². The zero-order chi connectivity index (χ0) is 12.8. The molecule has 0 spiro atoms. The fourth-order valence-corrected chi connectivity index (χ4v) is 1.97. The number of ether oxygens (including phenoxy) is 2. The minimum absolute atomic E-state index is 0.763. The van der Waals surface area contributed by atoms with E-state index < -0.39 is 0 Å². The molecule has 4 nitrogen and oxygen atoms in total. The normalized spacial score (nSPS) is 14.6. The molecule has 0 atom stereocenters. The van der Waals surface area contributed by atoms with Crippen LogP contribution in [-0.2, 0) is 6.54 Å². The summed E-state index contributed by atoms with van der Waals surface area (Å²) in [4.78, 5) is 0. The van der Waals surface area contributed by atoms with Gasteiger partial charge >= 0.3 is 0 Å². The lowest BCUT2D eigenvalue weighted by Crippen LogP contribution is -2.28. The summed E-state index contributed by atoms with van der Waals surface area (Å²) in [5.41, 5.74) is 1.08. The van der Waals surface area contributed by atoms with Crippen molar-refractivity contribution in [3.8, 4) is 11.5 Å². The highest BCUT2D eigenvalue weighted by Crippen LogP contribution is 2.27. The van der Waals surface area contributed by atoms with Crippen LogP contribution >= 0.6 is 0 Å². The molecule has 18 heavy (non-hydrogen) atoms. The van der Waals surface area contributed by atoms with Crippen molar-refractivity contribution in [2.75, 3.05) is 27.3 Å². The fourth-order valence-electron chi connectivity index (χ4n) is 1.97. The summed E-state index contributed by atoms with van der Waals surface area (Å²) >= 11 is 0. The van der Waals surface area contributed by atoms with E-state index >= 15 is 0 Å². The molecular weight excluding hydrogens is 228 g/mol. The second-order valence-electron chi connectivity index (χ2n) is 4.55. The van der Waals surface area contributed by atoms with E-state index in [1.165, 1.54) is 12.8 Å². The van der Waals surface area contributed by atoms with E-state index in [1.54, 1.807) is 14.2 Å². The molecule has 4 heteroatoms. The van der Waals surface area contributed by atoms with Crippen LogP contribution in [0.25, 0.3) is 0 Å². The van der Waals surface area contributed by atoms with Crippen molar-refractivity contribution in [2.24, 2.45) is 0 Å². The summed E-state index contributed by atoms with van der Waals surface area (Å²) in [6, 6.07) is 6.63. The van der Waals surface area contributed by atoms with Gasteiger partial charge in [-0.15, -0.1) is 0 Å². The number of rotatable bonds is 8. The van der Waals surface area contributed by atoms with Gasteiger partial charge in [0.05, 0.1) is 14.2 Å². The number of methoxy groups -OCH3 is 2. The first kappa shape index (κ1) is 13.2. The van der Waals surface area contributed by atoms with Crippen molar-refractivity contribution in [1.82, 2.24) is 10.6 Å². The molecule has 0 radical (unpaired) electrons. The predicted octanol–water partition coefficient (Wildman–Crippen LogP) is 1.55.